The fourth-order valence-corrected chi connectivity index (χ4v) is 5.54. The van der Waals surface area contributed by atoms with Crippen molar-refractivity contribution in [3.63, 3.8) is 0 Å². The number of hydrogen-bond donors (Lipinski definition) is 1. The van der Waals surface area contributed by atoms with Gasteiger partial charge in [0.25, 0.3) is 5.91 Å². The van der Waals surface area contributed by atoms with E-state index in [2.05, 4.69) is 19.2 Å². The number of nitrogens with one attached hydrogen (secondary N) is 1. The number of likely N-dealkylation sites (tertiary alicyclic amines) is 1. The first-order chi connectivity index (χ1) is 17.5. The molecule has 3 aliphatic rings. The molecular weight excluding hydrogens is 488 g/mol. The minimum Gasteiger partial charge on any atom is -0.381 e. The van der Waals surface area contributed by atoms with Crippen LogP contribution in [0.15, 0.2) is 42.5 Å². The van der Waals surface area contributed by atoms with Gasteiger partial charge in [-0.1, -0.05) is 32.0 Å². The van der Waals surface area contributed by atoms with Gasteiger partial charge < -0.3 is 15.0 Å². The van der Waals surface area contributed by atoms with E-state index in [9.17, 15) is 27.2 Å². The Labute approximate surface area is 213 Å². The van der Waals surface area contributed by atoms with E-state index in [0.717, 1.165) is 30.5 Å². The van der Waals surface area contributed by atoms with Crippen LogP contribution in [0.25, 0.3) is 0 Å². The second kappa shape index (κ2) is 9.74. The summed E-state index contributed by atoms with van der Waals surface area (Å²) in [5.41, 5.74) is 0.477. The lowest BCUT2D eigenvalue weighted by Gasteiger charge is -2.36. The average Bonchev–Trinajstić information content (AvgIpc) is 3.45. The van der Waals surface area contributed by atoms with E-state index in [0.29, 0.717) is 24.0 Å². The molecule has 1 saturated carbocycles. The van der Waals surface area contributed by atoms with Crippen LogP contribution in [0.4, 0.5) is 17.6 Å². The van der Waals surface area contributed by atoms with Crippen LogP contribution < -0.4 is 5.32 Å². The molecule has 2 aliphatic heterocycles. The Morgan fingerprint density at radius 3 is 2.49 bits per heavy atom. The van der Waals surface area contributed by atoms with E-state index in [1.807, 2.05) is 18.2 Å². The van der Waals surface area contributed by atoms with E-state index in [1.54, 1.807) is 11.0 Å². The molecule has 2 amide bonds. The maximum absolute atomic E-state index is 14.8. The first kappa shape index (κ1) is 25.7. The molecule has 5 nitrogen and oxygen atoms in total. The highest BCUT2D eigenvalue weighted by Gasteiger charge is 2.56. The lowest BCUT2D eigenvalue weighted by atomic mass is 9.90. The van der Waals surface area contributed by atoms with Crippen molar-refractivity contribution in [2.24, 2.45) is 17.8 Å². The molecule has 198 valence electrons. The summed E-state index contributed by atoms with van der Waals surface area (Å²) in [6, 6.07) is 8.23. The predicted molar refractivity (Wildman–Crippen MR) is 128 cm³/mol. The van der Waals surface area contributed by atoms with Gasteiger partial charge in [0.15, 0.2) is 0 Å². The lowest BCUT2D eigenvalue weighted by molar-refractivity contribution is -0.138. The number of rotatable bonds is 7. The Morgan fingerprint density at radius 2 is 1.86 bits per heavy atom. The van der Waals surface area contributed by atoms with Crippen LogP contribution in [-0.2, 0) is 22.1 Å². The van der Waals surface area contributed by atoms with Crippen LogP contribution in [0.3, 0.4) is 0 Å². The zero-order valence-corrected chi connectivity index (χ0v) is 20.7. The molecule has 2 aromatic carbocycles. The van der Waals surface area contributed by atoms with Crippen molar-refractivity contribution in [2.45, 2.75) is 57.4 Å². The van der Waals surface area contributed by atoms with E-state index in [4.69, 9.17) is 4.74 Å². The zero-order valence-electron chi connectivity index (χ0n) is 20.7. The topological polar surface area (TPSA) is 58.6 Å². The normalized spacial score (nSPS) is 24.0. The average molecular weight is 519 g/mol. The highest BCUT2D eigenvalue weighted by atomic mass is 19.4. The van der Waals surface area contributed by atoms with Crippen LogP contribution in [0.2, 0.25) is 0 Å². The molecule has 9 heteroatoms. The predicted octanol–water partition coefficient (Wildman–Crippen LogP) is 5.15. The van der Waals surface area contributed by atoms with Gasteiger partial charge in [-0.25, -0.2) is 4.39 Å². The van der Waals surface area contributed by atoms with Gasteiger partial charge in [0.1, 0.15) is 11.9 Å². The number of fused-ring (bicyclic) bond motifs is 1. The smallest absolute Gasteiger partial charge is 0.381 e. The van der Waals surface area contributed by atoms with Crippen LogP contribution in [0, 0.1) is 23.6 Å². The molecule has 2 heterocycles. The van der Waals surface area contributed by atoms with Gasteiger partial charge in [0.05, 0.1) is 24.8 Å². The van der Waals surface area contributed by atoms with Crippen molar-refractivity contribution in [2.75, 3.05) is 13.2 Å². The number of piperidine rings is 1. The van der Waals surface area contributed by atoms with Crippen LogP contribution in [-0.4, -0.2) is 42.0 Å². The fraction of sp³-hybridized carbons (Fsp3) is 0.500. The molecule has 0 spiro atoms. The van der Waals surface area contributed by atoms with Crippen molar-refractivity contribution in [3.05, 3.63) is 70.5 Å². The third-order valence-corrected chi connectivity index (χ3v) is 7.56. The largest absolute Gasteiger partial charge is 0.416 e. The SMILES string of the molecule is CC(C)Cc1cccc(C(=O)N2[C@@H](C(=O)N[C@@H](c3ccc(C(F)(F)F)cc3F)C3COC3)C[C@H]3C[C@H]32)c1. The maximum atomic E-state index is 14.8. The van der Waals surface area contributed by atoms with Crippen molar-refractivity contribution in [1.82, 2.24) is 10.2 Å². The molecule has 0 aromatic heterocycles. The quantitative estimate of drug-likeness (QED) is 0.516. The lowest BCUT2D eigenvalue weighted by Crippen LogP contribution is -2.51. The minimum absolute atomic E-state index is 0.00899. The molecule has 4 atom stereocenters. The van der Waals surface area contributed by atoms with Gasteiger partial charge >= 0.3 is 6.18 Å². The zero-order chi connectivity index (χ0) is 26.5. The van der Waals surface area contributed by atoms with Crippen LogP contribution in [0.1, 0.15) is 59.8 Å². The summed E-state index contributed by atoms with van der Waals surface area (Å²) in [7, 11) is 0. The molecule has 0 radical (unpaired) electrons. The number of ether oxygens (including phenoxy) is 1. The Balaban J connectivity index is 1.36. The Bertz CT molecular complexity index is 1190. The Hall–Kier alpha value is -2.94. The summed E-state index contributed by atoms with van der Waals surface area (Å²) in [4.78, 5) is 28.7. The van der Waals surface area contributed by atoms with Gasteiger partial charge in [-0.3, -0.25) is 9.59 Å². The Morgan fingerprint density at radius 1 is 1.11 bits per heavy atom. The second-order valence-corrected chi connectivity index (χ2v) is 10.8. The van der Waals surface area contributed by atoms with Crippen LogP contribution >= 0.6 is 0 Å². The molecule has 2 saturated heterocycles. The maximum Gasteiger partial charge on any atom is 0.416 e. The molecule has 0 unspecified atom stereocenters. The molecule has 2 aromatic rings. The molecule has 1 aliphatic carbocycles. The number of alkyl halides is 3. The molecular formula is C28H30F4N2O3. The standard InChI is InChI=1S/C28H30F4N2O3/c1-15(2)8-16-4-3-5-17(9-16)27(36)34-23-10-18(23)11-24(34)26(35)33-25(19-13-37-14-19)21-7-6-20(12-22(21)29)28(30,31)32/h3-7,9,12,15,18-19,23-25H,8,10-11,13-14H2,1-2H3,(H,33,35)/t18-,23-,24-,25-/m1/s1. The third-order valence-electron chi connectivity index (χ3n) is 7.56. The second-order valence-electron chi connectivity index (χ2n) is 10.8. The van der Waals surface area contributed by atoms with Crippen molar-refractivity contribution in [1.29, 1.82) is 0 Å². The minimum atomic E-state index is -4.67. The summed E-state index contributed by atoms with van der Waals surface area (Å²) in [6.45, 7) is 4.72. The summed E-state index contributed by atoms with van der Waals surface area (Å²) in [6.07, 6.45) is -2.48. The van der Waals surface area contributed by atoms with Crippen molar-refractivity contribution in [3.8, 4) is 0 Å². The van der Waals surface area contributed by atoms with Gasteiger partial charge in [0.2, 0.25) is 5.91 Å². The molecule has 0 bridgehead atoms. The van der Waals surface area contributed by atoms with Gasteiger partial charge in [0, 0.05) is 23.1 Å². The Kier molecular flexibility index (Phi) is 6.77. The van der Waals surface area contributed by atoms with Gasteiger partial charge in [-0.15, -0.1) is 0 Å². The van der Waals surface area contributed by atoms with E-state index < -0.39 is 35.5 Å². The molecule has 1 N–H and O–H groups in total. The first-order valence-electron chi connectivity index (χ1n) is 12.7. The van der Waals surface area contributed by atoms with Crippen molar-refractivity contribution < 1.29 is 31.9 Å². The summed E-state index contributed by atoms with van der Waals surface area (Å²) in [5.74, 6) is -1.26. The summed E-state index contributed by atoms with van der Waals surface area (Å²) >= 11 is 0. The molecule has 5 rings (SSSR count). The van der Waals surface area contributed by atoms with E-state index >= 15 is 0 Å². The number of amides is 2. The molecule has 37 heavy (non-hydrogen) atoms. The summed E-state index contributed by atoms with van der Waals surface area (Å²) in [5, 5.41) is 2.86. The number of benzene rings is 2. The number of carbonyl (C=O) groups is 2. The first-order valence-corrected chi connectivity index (χ1v) is 12.7. The highest BCUT2D eigenvalue weighted by Crippen LogP contribution is 2.48. The number of nitrogens with zero attached hydrogens (tertiary/aromatic N) is 1. The monoisotopic (exact) mass is 518 g/mol. The van der Waals surface area contributed by atoms with Gasteiger partial charge in [-0.2, -0.15) is 13.2 Å². The summed E-state index contributed by atoms with van der Waals surface area (Å²) < 4.78 is 59.2. The van der Waals surface area contributed by atoms with Crippen LogP contribution in [0.5, 0.6) is 0 Å². The van der Waals surface area contributed by atoms with Gasteiger partial charge in [-0.05, 0) is 60.9 Å². The van der Waals surface area contributed by atoms with E-state index in [-0.39, 0.29) is 42.6 Å². The number of hydrogen-bond acceptors (Lipinski definition) is 3. The number of halogens is 4. The molecule has 3 fully saturated rings. The third kappa shape index (κ3) is 5.23. The fourth-order valence-electron chi connectivity index (χ4n) is 5.54. The van der Waals surface area contributed by atoms with Crippen molar-refractivity contribution >= 4 is 11.8 Å². The number of carbonyl (C=O) groups excluding carboxylic acids is 2. The highest BCUT2D eigenvalue weighted by molar-refractivity contribution is 5.99. The van der Waals surface area contributed by atoms with E-state index in [1.165, 1.54) is 0 Å².